The number of methoxy groups -OCH3 is 1. The van der Waals surface area contributed by atoms with E-state index in [2.05, 4.69) is 17.4 Å². The molecular formula is C13H21NO2. The molecule has 0 radical (unpaired) electrons. The number of hydrogen-bond acceptors (Lipinski definition) is 3. The van der Waals surface area contributed by atoms with Crippen LogP contribution in [0.3, 0.4) is 0 Å². The zero-order chi connectivity index (χ0) is 11.6. The Morgan fingerprint density at radius 3 is 2.69 bits per heavy atom. The van der Waals surface area contributed by atoms with Crippen LogP contribution in [0.15, 0.2) is 30.3 Å². The highest BCUT2D eigenvalue weighted by Gasteiger charge is 1.99. The molecule has 90 valence electrons. The first-order valence-corrected chi connectivity index (χ1v) is 5.78. The predicted octanol–water partition coefficient (Wildman–Crippen LogP) is 1.91. The monoisotopic (exact) mass is 223 g/mol. The maximum Gasteiger partial charge on any atom is 0.154 e. The van der Waals surface area contributed by atoms with Crippen molar-refractivity contribution >= 4 is 0 Å². The van der Waals surface area contributed by atoms with Gasteiger partial charge in [-0.2, -0.15) is 0 Å². The first kappa shape index (κ1) is 13.2. The second-order valence-electron chi connectivity index (χ2n) is 3.85. The molecule has 1 aromatic rings. The molecule has 0 aliphatic heterocycles. The van der Waals surface area contributed by atoms with E-state index >= 15 is 0 Å². The van der Waals surface area contributed by atoms with Crippen molar-refractivity contribution in [2.45, 2.75) is 32.1 Å². The second-order valence-corrected chi connectivity index (χ2v) is 3.85. The van der Waals surface area contributed by atoms with Gasteiger partial charge in [0.2, 0.25) is 0 Å². The number of unbranched alkanes of at least 4 members (excludes halogenated alkanes) is 1. The van der Waals surface area contributed by atoms with Crippen LogP contribution in [0.5, 0.6) is 0 Å². The highest BCUT2D eigenvalue weighted by molar-refractivity contribution is 5.14. The highest BCUT2D eigenvalue weighted by Crippen LogP contribution is 2.01. The zero-order valence-corrected chi connectivity index (χ0v) is 9.86. The van der Waals surface area contributed by atoms with Gasteiger partial charge in [0.05, 0.1) is 0 Å². The quantitative estimate of drug-likeness (QED) is 0.522. The van der Waals surface area contributed by atoms with Crippen LogP contribution < -0.4 is 5.32 Å². The smallest absolute Gasteiger partial charge is 0.154 e. The maximum absolute atomic E-state index is 9.15. The Kier molecular flexibility index (Phi) is 6.81. The molecule has 3 nitrogen and oxygen atoms in total. The lowest BCUT2D eigenvalue weighted by molar-refractivity contribution is -0.0792. The Balaban J connectivity index is 1.96. The molecule has 0 amide bonds. The molecule has 1 aromatic carbocycles. The molecule has 0 aromatic heterocycles. The summed E-state index contributed by atoms with van der Waals surface area (Å²) in [7, 11) is 1.53. The van der Waals surface area contributed by atoms with Crippen molar-refractivity contribution in [2.75, 3.05) is 13.7 Å². The number of aliphatic hydroxyl groups excluding tert-OH is 1. The van der Waals surface area contributed by atoms with Gasteiger partial charge >= 0.3 is 0 Å². The molecule has 1 unspecified atom stereocenters. The molecule has 3 heteroatoms. The van der Waals surface area contributed by atoms with Crippen molar-refractivity contribution in [1.29, 1.82) is 0 Å². The summed E-state index contributed by atoms with van der Waals surface area (Å²) in [6, 6.07) is 10.3. The van der Waals surface area contributed by atoms with E-state index in [-0.39, 0.29) is 0 Å². The Labute approximate surface area is 97.4 Å². The maximum atomic E-state index is 9.15. The lowest BCUT2D eigenvalue weighted by atomic mass is 10.2. The number of nitrogens with one attached hydrogen (secondary N) is 1. The van der Waals surface area contributed by atoms with Crippen molar-refractivity contribution in [3.63, 3.8) is 0 Å². The van der Waals surface area contributed by atoms with Crippen molar-refractivity contribution in [3.8, 4) is 0 Å². The molecule has 0 heterocycles. The second kappa shape index (κ2) is 8.28. The summed E-state index contributed by atoms with van der Waals surface area (Å²) in [4.78, 5) is 0. The topological polar surface area (TPSA) is 41.5 Å². The molecule has 0 aliphatic carbocycles. The van der Waals surface area contributed by atoms with Gasteiger partial charge in [-0.25, -0.2) is 0 Å². The average molecular weight is 223 g/mol. The van der Waals surface area contributed by atoms with Gasteiger partial charge in [-0.05, 0) is 31.4 Å². The minimum atomic E-state index is -0.603. The molecular weight excluding hydrogens is 202 g/mol. The van der Waals surface area contributed by atoms with Gasteiger partial charge in [-0.1, -0.05) is 30.3 Å². The molecule has 0 spiro atoms. The average Bonchev–Trinajstić information content (AvgIpc) is 2.34. The van der Waals surface area contributed by atoms with E-state index in [1.807, 2.05) is 18.2 Å². The summed E-state index contributed by atoms with van der Waals surface area (Å²) in [5.41, 5.74) is 1.31. The van der Waals surface area contributed by atoms with Crippen LogP contribution in [-0.2, 0) is 11.3 Å². The fourth-order valence-corrected chi connectivity index (χ4v) is 1.52. The van der Waals surface area contributed by atoms with Crippen LogP contribution in [0, 0.1) is 0 Å². The molecule has 16 heavy (non-hydrogen) atoms. The van der Waals surface area contributed by atoms with Gasteiger partial charge in [0, 0.05) is 13.7 Å². The van der Waals surface area contributed by atoms with E-state index < -0.39 is 6.29 Å². The van der Waals surface area contributed by atoms with E-state index in [4.69, 9.17) is 9.84 Å². The summed E-state index contributed by atoms with van der Waals surface area (Å²) >= 11 is 0. The summed E-state index contributed by atoms with van der Waals surface area (Å²) in [6.07, 6.45) is 2.15. The van der Waals surface area contributed by atoms with Crippen LogP contribution >= 0.6 is 0 Å². The van der Waals surface area contributed by atoms with E-state index in [0.717, 1.165) is 25.9 Å². The number of ether oxygens (including phenoxy) is 1. The van der Waals surface area contributed by atoms with Gasteiger partial charge in [0.1, 0.15) is 0 Å². The lowest BCUT2D eigenvalue weighted by Gasteiger charge is -2.08. The van der Waals surface area contributed by atoms with E-state index in [9.17, 15) is 0 Å². The highest BCUT2D eigenvalue weighted by atomic mass is 16.6. The first-order valence-electron chi connectivity index (χ1n) is 5.78. The van der Waals surface area contributed by atoms with Crippen LogP contribution in [0.1, 0.15) is 24.8 Å². The molecule has 0 saturated carbocycles. The van der Waals surface area contributed by atoms with E-state index in [1.54, 1.807) is 0 Å². The number of aliphatic hydroxyl groups is 1. The Morgan fingerprint density at radius 2 is 2.00 bits per heavy atom. The predicted molar refractivity (Wildman–Crippen MR) is 65.0 cm³/mol. The molecule has 0 bridgehead atoms. The van der Waals surface area contributed by atoms with Gasteiger partial charge in [-0.15, -0.1) is 0 Å². The molecule has 0 saturated heterocycles. The van der Waals surface area contributed by atoms with Crippen LogP contribution in [-0.4, -0.2) is 25.1 Å². The normalized spacial score (nSPS) is 12.6. The van der Waals surface area contributed by atoms with Crippen molar-refractivity contribution in [3.05, 3.63) is 35.9 Å². The number of hydrogen-bond donors (Lipinski definition) is 2. The fourth-order valence-electron chi connectivity index (χ4n) is 1.52. The third kappa shape index (κ3) is 5.85. The largest absolute Gasteiger partial charge is 0.368 e. The van der Waals surface area contributed by atoms with Crippen LogP contribution in [0.25, 0.3) is 0 Å². The van der Waals surface area contributed by atoms with Crippen LogP contribution in [0.2, 0.25) is 0 Å². The standard InChI is InChI=1S/C13H21NO2/c1-16-13(15)9-5-6-10-14-11-12-7-3-2-4-8-12/h2-4,7-8,13-15H,5-6,9-11H2,1H3. The molecule has 0 fully saturated rings. The molecule has 0 aliphatic rings. The van der Waals surface area contributed by atoms with E-state index in [1.165, 1.54) is 12.7 Å². The Morgan fingerprint density at radius 1 is 1.25 bits per heavy atom. The molecule has 1 atom stereocenters. The fraction of sp³-hybridized carbons (Fsp3) is 0.538. The summed E-state index contributed by atoms with van der Waals surface area (Å²) < 4.78 is 4.76. The van der Waals surface area contributed by atoms with Crippen molar-refractivity contribution in [1.82, 2.24) is 5.32 Å². The first-order chi connectivity index (χ1) is 7.83. The van der Waals surface area contributed by atoms with Gasteiger partial charge in [0.25, 0.3) is 0 Å². The molecule has 2 N–H and O–H groups in total. The van der Waals surface area contributed by atoms with Crippen molar-refractivity contribution in [2.24, 2.45) is 0 Å². The summed E-state index contributed by atoms with van der Waals surface area (Å²) in [5, 5.41) is 12.5. The van der Waals surface area contributed by atoms with Crippen LogP contribution in [0.4, 0.5) is 0 Å². The molecule has 1 rings (SSSR count). The summed E-state index contributed by atoms with van der Waals surface area (Å²) in [6.45, 7) is 1.89. The van der Waals surface area contributed by atoms with Gasteiger partial charge in [0.15, 0.2) is 6.29 Å². The van der Waals surface area contributed by atoms with Gasteiger partial charge < -0.3 is 15.2 Å². The Hall–Kier alpha value is -0.900. The third-order valence-electron chi connectivity index (χ3n) is 2.50. The number of rotatable bonds is 8. The minimum absolute atomic E-state index is 0.603. The van der Waals surface area contributed by atoms with Crippen molar-refractivity contribution < 1.29 is 9.84 Å². The zero-order valence-electron chi connectivity index (χ0n) is 9.86. The third-order valence-corrected chi connectivity index (χ3v) is 2.50. The number of benzene rings is 1. The van der Waals surface area contributed by atoms with E-state index in [0.29, 0.717) is 6.42 Å². The summed E-state index contributed by atoms with van der Waals surface area (Å²) in [5.74, 6) is 0. The Bertz CT molecular complexity index is 264. The minimum Gasteiger partial charge on any atom is -0.368 e. The SMILES string of the molecule is COC(O)CCCCNCc1ccccc1. The van der Waals surface area contributed by atoms with Gasteiger partial charge in [-0.3, -0.25) is 0 Å². The lowest BCUT2D eigenvalue weighted by Crippen LogP contribution is -2.15.